The number of halogens is 1. The predicted octanol–water partition coefficient (Wildman–Crippen LogP) is 2.79. The lowest BCUT2D eigenvalue weighted by atomic mass is 9.93. The van der Waals surface area contributed by atoms with E-state index < -0.39 is 0 Å². The second-order valence-electron chi connectivity index (χ2n) is 3.15. The standard InChI is InChI=1S/C8H15BrO/c1-4-7-5(2)6(3)8(9)10-7/h5-8H,4H2,1-3H3/t5-,6?,7-,8?/m1/s1. The molecule has 0 aromatic heterocycles. The van der Waals surface area contributed by atoms with Crippen LogP contribution in [-0.4, -0.2) is 11.1 Å². The molecule has 1 saturated heterocycles. The molecule has 0 aliphatic carbocycles. The fourth-order valence-electron chi connectivity index (χ4n) is 1.46. The average Bonchev–Trinajstić information content (AvgIpc) is 2.17. The highest BCUT2D eigenvalue weighted by molar-refractivity contribution is 9.09. The van der Waals surface area contributed by atoms with E-state index in [-0.39, 0.29) is 5.01 Å². The van der Waals surface area contributed by atoms with Crippen LogP contribution in [0.1, 0.15) is 27.2 Å². The lowest BCUT2D eigenvalue weighted by Gasteiger charge is -2.12. The molecule has 1 aliphatic heterocycles. The molecule has 2 heteroatoms. The Kier molecular flexibility index (Phi) is 2.75. The van der Waals surface area contributed by atoms with Crippen molar-refractivity contribution in [1.29, 1.82) is 0 Å². The van der Waals surface area contributed by atoms with E-state index in [1.165, 1.54) is 0 Å². The van der Waals surface area contributed by atoms with Crippen molar-refractivity contribution >= 4 is 15.9 Å². The maximum absolute atomic E-state index is 5.65. The van der Waals surface area contributed by atoms with Crippen molar-refractivity contribution in [2.45, 2.75) is 38.3 Å². The molecule has 0 aromatic carbocycles. The second-order valence-corrected chi connectivity index (χ2v) is 4.05. The Balaban J connectivity index is 2.53. The van der Waals surface area contributed by atoms with Gasteiger partial charge < -0.3 is 4.74 Å². The van der Waals surface area contributed by atoms with Gasteiger partial charge in [0.25, 0.3) is 0 Å². The number of hydrogen-bond acceptors (Lipinski definition) is 1. The Morgan fingerprint density at radius 2 is 1.90 bits per heavy atom. The van der Waals surface area contributed by atoms with E-state index in [0.717, 1.165) is 6.42 Å². The lowest BCUT2D eigenvalue weighted by Crippen LogP contribution is -2.14. The van der Waals surface area contributed by atoms with Crippen molar-refractivity contribution in [2.24, 2.45) is 11.8 Å². The molecule has 60 valence electrons. The van der Waals surface area contributed by atoms with Crippen LogP contribution in [0.5, 0.6) is 0 Å². The minimum Gasteiger partial charge on any atom is -0.363 e. The summed E-state index contributed by atoms with van der Waals surface area (Å²) in [7, 11) is 0. The summed E-state index contributed by atoms with van der Waals surface area (Å²) in [5.41, 5.74) is 0. The van der Waals surface area contributed by atoms with E-state index in [2.05, 4.69) is 36.7 Å². The summed E-state index contributed by atoms with van der Waals surface area (Å²) in [5, 5.41) is 0.285. The van der Waals surface area contributed by atoms with Crippen molar-refractivity contribution in [3.05, 3.63) is 0 Å². The zero-order chi connectivity index (χ0) is 7.72. The van der Waals surface area contributed by atoms with Crippen LogP contribution >= 0.6 is 15.9 Å². The number of hydrogen-bond donors (Lipinski definition) is 0. The molecule has 1 rings (SSSR count). The van der Waals surface area contributed by atoms with Crippen LogP contribution < -0.4 is 0 Å². The number of ether oxygens (including phenoxy) is 1. The van der Waals surface area contributed by atoms with Gasteiger partial charge in [0, 0.05) is 0 Å². The summed E-state index contributed by atoms with van der Waals surface area (Å²) < 4.78 is 5.65. The maximum Gasteiger partial charge on any atom is 0.115 e. The van der Waals surface area contributed by atoms with E-state index in [0.29, 0.717) is 17.9 Å². The zero-order valence-corrected chi connectivity index (χ0v) is 8.39. The highest BCUT2D eigenvalue weighted by Gasteiger charge is 2.35. The van der Waals surface area contributed by atoms with Crippen LogP contribution in [-0.2, 0) is 4.74 Å². The molecule has 0 amide bonds. The van der Waals surface area contributed by atoms with Crippen LogP contribution in [0.25, 0.3) is 0 Å². The third-order valence-corrected chi connectivity index (χ3v) is 3.59. The number of alkyl halides is 1. The first-order chi connectivity index (χ1) is 4.66. The first-order valence-corrected chi connectivity index (χ1v) is 4.88. The van der Waals surface area contributed by atoms with Gasteiger partial charge in [-0.1, -0.05) is 36.7 Å². The normalized spacial score (nSPS) is 48.0. The van der Waals surface area contributed by atoms with E-state index >= 15 is 0 Å². The third kappa shape index (κ3) is 1.37. The minimum absolute atomic E-state index is 0.285. The smallest absolute Gasteiger partial charge is 0.115 e. The van der Waals surface area contributed by atoms with Crippen molar-refractivity contribution < 1.29 is 4.74 Å². The molecule has 2 unspecified atom stereocenters. The van der Waals surface area contributed by atoms with Gasteiger partial charge in [-0.05, 0) is 18.3 Å². The Bertz CT molecular complexity index is 116. The van der Waals surface area contributed by atoms with Gasteiger partial charge in [-0.2, -0.15) is 0 Å². The summed E-state index contributed by atoms with van der Waals surface area (Å²) in [6.45, 7) is 6.68. The molecule has 1 fully saturated rings. The van der Waals surface area contributed by atoms with Gasteiger partial charge in [0.1, 0.15) is 5.01 Å². The molecule has 4 atom stereocenters. The van der Waals surface area contributed by atoms with E-state index in [4.69, 9.17) is 4.74 Å². The largest absolute Gasteiger partial charge is 0.363 e. The van der Waals surface area contributed by atoms with Gasteiger partial charge in [-0.3, -0.25) is 0 Å². The van der Waals surface area contributed by atoms with Crippen LogP contribution in [0.3, 0.4) is 0 Å². The SMILES string of the molecule is CC[C@H]1OC(Br)C(C)[C@H]1C. The van der Waals surface area contributed by atoms with Gasteiger partial charge in [0.05, 0.1) is 6.10 Å². The Morgan fingerprint density at radius 1 is 1.30 bits per heavy atom. The highest BCUT2D eigenvalue weighted by atomic mass is 79.9. The van der Waals surface area contributed by atoms with Crippen LogP contribution in [0, 0.1) is 11.8 Å². The first kappa shape index (κ1) is 8.54. The summed E-state index contributed by atoms with van der Waals surface area (Å²) in [6.07, 6.45) is 1.60. The summed E-state index contributed by atoms with van der Waals surface area (Å²) >= 11 is 3.50. The molecule has 0 aromatic rings. The van der Waals surface area contributed by atoms with Crippen LogP contribution in [0.15, 0.2) is 0 Å². The van der Waals surface area contributed by atoms with Gasteiger partial charge >= 0.3 is 0 Å². The van der Waals surface area contributed by atoms with Crippen molar-refractivity contribution in [3.8, 4) is 0 Å². The van der Waals surface area contributed by atoms with Gasteiger partial charge in [0.2, 0.25) is 0 Å². The monoisotopic (exact) mass is 206 g/mol. The van der Waals surface area contributed by atoms with E-state index in [1.807, 2.05) is 0 Å². The van der Waals surface area contributed by atoms with Gasteiger partial charge in [-0.25, -0.2) is 0 Å². The van der Waals surface area contributed by atoms with Gasteiger partial charge in [-0.15, -0.1) is 0 Å². The third-order valence-electron chi connectivity index (χ3n) is 2.54. The Labute approximate surface area is 71.3 Å². The molecule has 0 radical (unpaired) electrons. The Morgan fingerprint density at radius 3 is 2.10 bits per heavy atom. The Hall–Kier alpha value is 0.440. The summed E-state index contributed by atoms with van der Waals surface area (Å²) in [5.74, 6) is 1.36. The first-order valence-electron chi connectivity index (χ1n) is 3.96. The topological polar surface area (TPSA) is 9.23 Å². The summed E-state index contributed by atoms with van der Waals surface area (Å²) in [4.78, 5) is 0. The fourth-order valence-corrected chi connectivity index (χ4v) is 2.22. The molecule has 0 bridgehead atoms. The van der Waals surface area contributed by atoms with Crippen molar-refractivity contribution in [2.75, 3.05) is 0 Å². The number of rotatable bonds is 1. The minimum atomic E-state index is 0.285. The van der Waals surface area contributed by atoms with E-state index in [1.54, 1.807) is 0 Å². The van der Waals surface area contributed by atoms with Crippen LogP contribution in [0.4, 0.5) is 0 Å². The lowest BCUT2D eigenvalue weighted by molar-refractivity contribution is 0.0768. The highest BCUT2D eigenvalue weighted by Crippen LogP contribution is 2.36. The fraction of sp³-hybridized carbons (Fsp3) is 1.00. The molecule has 10 heavy (non-hydrogen) atoms. The molecule has 0 N–H and O–H groups in total. The zero-order valence-electron chi connectivity index (χ0n) is 6.80. The molecular weight excluding hydrogens is 192 g/mol. The molecule has 1 heterocycles. The predicted molar refractivity (Wildman–Crippen MR) is 46.2 cm³/mol. The van der Waals surface area contributed by atoms with E-state index in [9.17, 15) is 0 Å². The average molecular weight is 207 g/mol. The van der Waals surface area contributed by atoms with Gasteiger partial charge in [0.15, 0.2) is 0 Å². The van der Waals surface area contributed by atoms with Crippen LogP contribution in [0.2, 0.25) is 0 Å². The molecule has 0 saturated carbocycles. The second kappa shape index (κ2) is 3.22. The quantitative estimate of drug-likeness (QED) is 0.600. The molecular formula is C8H15BrO. The molecule has 1 aliphatic rings. The summed E-state index contributed by atoms with van der Waals surface area (Å²) in [6, 6.07) is 0. The van der Waals surface area contributed by atoms with Crippen molar-refractivity contribution in [1.82, 2.24) is 0 Å². The molecule has 0 spiro atoms. The maximum atomic E-state index is 5.65. The van der Waals surface area contributed by atoms with Crippen molar-refractivity contribution in [3.63, 3.8) is 0 Å². The molecule has 1 nitrogen and oxygen atoms in total.